The zero-order valence-corrected chi connectivity index (χ0v) is 19.8. The summed E-state index contributed by atoms with van der Waals surface area (Å²) in [5.41, 5.74) is 14.9. The summed E-state index contributed by atoms with van der Waals surface area (Å²) in [6.07, 6.45) is 5.48. The van der Waals surface area contributed by atoms with Gasteiger partial charge in [-0.05, 0) is 54.8 Å². The summed E-state index contributed by atoms with van der Waals surface area (Å²) in [4.78, 5) is 17.5. The van der Waals surface area contributed by atoms with Crippen molar-refractivity contribution >= 4 is 29.1 Å². The second-order valence-electron chi connectivity index (χ2n) is 7.58. The number of aromatic hydroxyl groups is 1. The molecule has 6 N–H and O–H groups in total. The molecule has 10 heteroatoms. The lowest BCUT2D eigenvalue weighted by Gasteiger charge is -2.14. The number of anilines is 2. The summed E-state index contributed by atoms with van der Waals surface area (Å²) in [5.74, 6) is 1.37. The van der Waals surface area contributed by atoms with E-state index >= 15 is 0 Å². The summed E-state index contributed by atoms with van der Waals surface area (Å²) in [6, 6.07) is 13.7. The Kier molecular flexibility index (Phi) is 8.85. The molecule has 0 radical (unpaired) electrons. The van der Waals surface area contributed by atoms with Gasteiger partial charge in [-0.25, -0.2) is 4.98 Å². The first-order valence-corrected chi connectivity index (χ1v) is 11.0. The van der Waals surface area contributed by atoms with Gasteiger partial charge in [0, 0.05) is 36.8 Å². The van der Waals surface area contributed by atoms with E-state index in [0.717, 1.165) is 23.9 Å². The molecule has 0 unspecified atom stereocenters. The number of nitrogens with two attached hydrogens (primary N) is 2. The van der Waals surface area contributed by atoms with E-state index in [0.29, 0.717) is 30.5 Å². The summed E-state index contributed by atoms with van der Waals surface area (Å²) < 4.78 is 12.7. The lowest BCUT2D eigenvalue weighted by molar-refractivity contribution is -0.106. The molecule has 4 aromatic rings. The number of nitrogens with zero attached hydrogens (tertiary/aromatic N) is 3. The number of benzene rings is 2. The Morgan fingerprint density at radius 1 is 1.09 bits per heavy atom. The molecule has 0 aliphatic carbocycles. The van der Waals surface area contributed by atoms with E-state index in [4.69, 9.17) is 25.0 Å². The molecule has 0 saturated carbocycles. The molecule has 0 spiro atoms. The van der Waals surface area contributed by atoms with Crippen molar-refractivity contribution in [1.29, 1.82) is 0 Å². The lowest BCUT2D eigenvalue weighted by atomic mass is 10.1. The molecule has 2 aromatic carbocycles. The average Bonchev–Trinajstić information content (AvgIpc) is 3.19. The topological polar surface area (TPSA) is 151 Å². The van der Waals surface area contributed by atoms with E-state index < -0.39 is 0 Å². The third-order valence-corrected chi connectivity index (χ3v) is 5.27. The number of carbonyl (C=O) groups excluding carboxylic acids is 1. The Hall–Kier alpha value is -4.31. The minimum Gasteiger partial charge on any atom is -0.504 e. The van der Waals surface area contributed by atoms with Crippen LogP contribution in [0.5, 0.6) is 17.2 Å². The van der Waals surface area contributed by atoms with E-state index in [-0.39, 0.29) is 17.9 Å². The monoisotopic (exact) mass is 478 g/mol. The summed E-state index contributed by atoms with van der Waals surface area (Å²) >= 11 is 0. The summed E-state index contributed by atoms with van der Waals surface area (Å²) in [6.45, 7) is 1.29. The van der Waals surface area contributed by atoms with Crippen molar-refractivity contribution < 1.29 is 19.4 Å². The van der Waals surface area contributed by atoms with E-state index in [1.54, 1.807) is 24.5 Å². The highest BCUT2D eigenvalue weighted by Gasteiger charge is 2.15. The smallest absolute Gasteiger partial charge is 0.208 e. The first-order chi connectivity index (χ1) is 17.0. The number of aryl methyl sites for hydroxylation is 1. The second-order valence-corrected chi connectivity index (χ2v) is 7.58. The number of phenols is 1. The molecule has 0 aliphatic rings. The molecule has 0 bridgehead atoms. The number of amides is 1. The Bertz CT molecular complexity index is 1260. The van der Waals surface area contributed by atoms with Gasteiger partial charge in [0.05, 0.1) is 25.3 Å². The number of nitrogens with one attached hydrogen (secondary N) is 1. The highest BCUT2D eigenvalue weighted by atomic mass is 16.5. The largest absolute Gasteiger partial charge is 0.504 e. The van der Waals surface area contributed by atoms with Gasteiger partial charge in [0.1, 0.15) is 0 Å². The fraction of sp³-hybridized carbons (Fsp3) is 0.240. The summed E-state index contributed by atoms with van der Waals surface area (Å²) in [7, 11) is 3.02. The van der Waals surface area contributed by atoms with Crippen molar-refractivity contribution in [1.82, 2.24) is 14.5 Å². The number of primary amides is 1. The van der Waals surface area contributed by atoms with Crippen LogP contribution in [0.1, 0.15) is 17.5 Å². The van der Waals surface area contributed by atoms with Crippen LogP contribution in [0.3, 0.4) is 0 Å². The van der Waals surface area contributed by atoms with E-state index in [1.165, 1.54) is 25.3 Å². The molecule has 1 amide bonds. The molecule has 2 heterocycles. The van der Waals surface area contributed by atoms with Crippen molar-refractivity contribution in [3.8, 4) is 17.2 Å². The van der Waals surface area contributed by atoms with E-state index in [2.05, 4.69) is 32.7 Å². The summed E-state index contributed by atoms with van der Waals surface area (Å²) in [5, 5.41) is 13.6. The first kappa shape index (κ1) is 25.3. The SMILES string of the molecule is COc1cc(Nc2nc3ccc(Cc4ccncc4)cc3n2CCCN)cc(O)c1OC.NC=O. The standard InChI is InChI=1S/C24H27N5O3.CH3NO/c1-31-22-15-18(14-21(30)23(22)32-2)27-24-28-19-5-4-17(12-16-6-9-26-10-7-16)13-20(19)29(24)11-3-8-25;2-1-3/h4-7,9-10,13-15,30H,3,8,11-12,25H2,1-2H3,(H,27,28);1H,(H2,2,3). The van der Waals surface area contributed by atoms with Gasteiger partial charge in [-0.2, -0.15) is 0 Å². The molecule has 0 atom stereocenters. The van der Waals surface area contributed by atoms with Crippen LogP contribution in [0.25, 0.3) is 11.0 Å². The van der Waals surface area contributed by atoms with Gasteiger partial charge in [-0.1, -0.05) is 6.07 Å². The predicted molar refractivity (Wildman–Crippen MR) is 135 cm³/mol. The molecular formula is C25H30N6O4. The molecule has 10 nitrogen and oxygen atoms in total. The highest BCUT2D eigenvalue weighted by Crippen LogP contribution is 2.40. The van der Waals surface area contributed by atoms with Crippen molar-refractivity contribution in [2.45, 2.75) is 19.4 Å². The zero-order valence-electron chi connectivity index (χ0n) is 19.8. The lowest BCUT2D eigenvalue weighted by Crippen LogP contribution is -2.09. The van der Waals surface area contributed by atoms with Gasteiger partial charge in [-0.15, -0.1) is 0 Å². The van der Waals surface area contributed by atoms with Crippen LogP contribution in [0.2, 0.25) is 0 Å². The fourth-order valence-electron chi connectivity index (χ4n) is 3.73. The van der Waals surface area contributed by atoms with Crippen LogP contribution in [0.4, 0.5) is 11.6 Å². The van der Waals surface area contributed by atoms with Crippen molar-refractivity contribution in [3.63, 3.8) is 0 Å². The second kappa shape index (κ2) is 12.2. The first-order valence-electron chi connectivity index (χ1n) is 11.0. The van der Waals surface area contributed by atoms with Crippen LogP contribution in [0.15, 0.2) is 54.9 Å². The number of hydrogen-bond donors (Lipinski definition) is 4. The van der Waals surface area contributed by atoms with E-state index in [1.807, 2.05) is 18.2 Å². The number of carbonyl (C=O) groups is 1. The minimum absolute atomic E-state index is 0.0152. The average molecular weight is 479 g/mol. The van der Waals surface area contributed by atoms with E-state index in [9.17, 15) is 5.11 Å². The van der Waals surface area contributed by atoms with Gasteiger partial charge < -0.3 is 35.9 Å². The number of rotatable bonds is 9. The normalized spacial score (nSPS) is 10.4. The van der Waals surface area contributed by atoms with Crippen LogP contribution in [-0.4, -0.2) is 46.8 Å². The van der Waals surface area contributed by atoms with Crippen LogP contribution in [-0.2, 0) is 17.8 Å². The van der Waals surface area contributed by atoms with Crippen LogP contribution >= 0.6 is 0 Å². The van der Waals surface area contributed by atoms with Gasteiger partial charge in [0.2, 0.25) is 18.1 Å². The number of fused-ring (bicyclic) bond motifs is 1. The number of hydrogen-bond acceptors (Lipinski definition) is 8. The van der Waals surface area contributed by atoms with Crippen LogP contribution < -0.4 is 26.3 Å². The zero-order chi connectivity index (χ0) is 25.2. The molecule has 35 heavy (non-hydrogen) atoms. The Balaban J connectivity index is 0.00000108. The maximum atomic E-state index is 10.3. The molecule has 0 fully saturated rings. The minimum atomic E-state index is -0.0152. The molecule has 2 aromatic heterocycles. The van der Waals surface area contributed by atoms with Gasteiger partial charge in [0.15, 0.2) is 11.5 Å². The van der Waals surface area contributed by atoms with Gasteiger partial charge in [-0.3, -0.25) is 9.78 Å². The molecule has 4 rings (SSSR count). The van der Waals surface area contributed by atoms with Crippen molar-refractivity contribution in [2.75, 3.05) is 26.1 Å². The maximum Gasteiger partial charge on any atom is 0.208 e. The number of phenolic OH excluding ortho intramolecular Hbond substituents is 1. The number of ether oxygens (including phenoxy) is 2. The Morgan fingerprint density at radius 2 is 1.83 bits per heavy atom. The highest BCUT2D eigenvalue weighted by molar-refractivity contribution is 5.81. The van der Waals surface area contributed by atoms with Crippen LogP contribution in [0, 0.1) is 0 Å². The molecule has 0 saturated heterocycles. The fourth-order valence-corrected chi connectivity index (χ4v) is 3.73. The molecular weight excluding hydrogens is 448 g/mol. The third kappa shape index (κ3) is 6.18. The Morgan fingerprint density at radius 3 is 2.49 bits per heavy atom. The number of imidazole rings is 1. The third-order valence-electron chi connectivity index (χ3n) is 5.27. The van der Waals surface area contributed by atoms with Gasteiger partial charge >= 0.3 is 0 Å². The quantitative estimate of drug-likeness (QED) is 0.268. The van der Waals surface area contributed by atoms with Gasteiger partial charge in [0.25, 0.3) is 0 Å². The molecule has 0 aliphatic heterocycles. The van der Waals surface area contributed by atoms with Crippen molar-refractivity contribution in [2.24, 2.45) is 11.5 Å². The van der Waals surface area contributed by atoms with Crippen molar-refractivity contribution in [3.05, 3.63) is 66.0 Å². The molecule has 184 valence electrons. The number of pyridine rings is 1. The Labute approximate surface area is 203 Å². The number of methoxy groups -OCH3 is 2. The number of aromatic nitrogens is 3. The predicted octanol–water partition coefficient (Wildman–Crippen LogP) is 2.94. The maximum absolute atomic E-state index is 10.3.